The molecule has 0 spiro atoms. The maximum Gasteiger partial charge on any atom is 0.172 e. The Morgan fingerprint density at radius 3 is 2.10 bits per heavy atom. The number of halogens is 2. The van der Waals surface area contributed by atoms with Crippen molar-refractivity contribution in [2.75, 3.05) is 0 Å². The average Bonchev–Trinajstić information content (AvgIpc) is 2.45. The molecule has 0 aliphatic heterocycles. The van der Waals surface area contributed by atoms with Crippen LogP contribution in [-0.2, 0) is 0 Å². The highest BCUT2D eigenvalue weighted by atomic mass is 19.1. The van der Waals surface area contributed by atoms with Crippen LogP contribution in [0.4, 0.5) is 8.78 Å². The molecule has 2 nitrogen and oxygen atoms in total. The van der Waals surface area contributed by atoms with E-state index in [-0.39, 0.29) is 0 Å². The topological polar surface area (TPSA) is 40.5 Å². The lowest BCUT2D eigenvalue weighted by Crippen LogP contribution is -1.84. The molecule has 0 saturated heterocycles. The molecule has 0 bridgehead atoms. The molecule has 4 heteroatoms. The Kier molecular flexibility index (Phi) is 2.79. The number of phenolic OH excluding ortho intramolecular Hbond substituents is 2. The molecule has 0 aliphatic rings. The van der Waals surface area contributed by atoms with Gasteiger partial charge in [0.15, 0.2) is 23.1 Å². The zero-order chi connectivity index (χ0) is 14.3. The van der Waals surface area contributed by atoms with Gasteiger partial charge in [0.2, 0.25) is 0 Å². The summed E-state index contributed by atoms with van der Waals surface area (Å²) in [5.74, 6) is -2.20. The van der Waals surface area contributed by atoms with E-state index in [0.717, 1.165) is 0 Å². The lowest BCUT2D eigenvalue weighted by Gasteiger charge is -2.06. The number of rotatable bonds is 1. The molecule has 0 heterocycles. The van der Waals surface area contributed by atoms with Gasteiger partial charge in [-0.05, 0) is 40.8 Å². The van der Waals surface area contributed by atoms with Gasteiger partial charge in [-0.15, -0.1) is 0 Å². The highest BCUT2D eigenvalue weighted by Gasteiger charge is 2.08. The number of phenols is 2. The van der Waals surface area contributed by atoms with Crippen LogP contribution in [0.2, 0.25) is 0 Å². The molecule has 3 aromatic rings. The van der Waals surface area contributed by atoms with Crippen molar-refractivity contribution >= 4 is 10.8 Å². The van der Waals surface area contributed by atoms with Crippen molar-refractivity contribution in [2.45, 2.75) is 0 Å². The van der Waals surface area contributed by atoms with Gasteiger partial charge in [0.25, 0.3) is 0 Å². The largest absolute Gasteiger partial charge is 0.505 e. The van der Waals surface area contributed by atoms with Crippen LogP contribution in [-0.4, -0.2) is 10.2 Å². The van der Waals surface area contributed by atoms with E-state index in [1.807, 2.05) is 0 Å². The van der Waals surface area contributed by atoms with Crippen molar-refractivity contribution < 1.29 is 19.0 Å². The van der Waals surface area contributed by atoms with Gasteiger partial charge < -0.3 is 10.2 Å². The maximum absolute atomic E-state index is 13.7. The Bertz CT molecular complexity index is 813. The summed E-state index contributed by atoms with van der Waals surface area (Å²) in [5.41, 5.74) is 1.28. The molecule has 0 amide bonds. The SMILES string of the molecule is Oc1ccc(-c2ccc3c(F)c(O)ccc3c2)cc1F. The van der Waals surface area contributed by atoms with Crippen LogP contribution in [0.3, 0.4) is 0 Å². The summed E-state index contributed by atoms with van der Waals surface area (Å²) in [7, 11) is 0. The minimum atomic E-state index is -0.709. The highest BCUT2D eigenvalue weighted by molar-refractivity contribution is 5.89. The van der Waals surface area contributed by atoms with Gasteiger partial charge in [0.05, 0.1) is 0 Å². The summed E-state index contributed by atoms with van der Waals surface area (Å²) in [6.07, 6.45) is 0. The second-order valence-corrected chi connectivity index (χ2v) is 4.50. The zero-order valence-corrected chi connectivity index (χ0v) is 10.3. The highest BCUT2D eigenvalue weighted by Crippen LogP contribution is 2.30. The standard InChI is InChI=1S/C16H10F2O2/c17-13-8-10(2-5-14(13)19)9-1-4-12-11(7-9)3-6-15(20)16(12)18/h1-8,19-20H. The molecule has 100 valence electrons. The smallest absolute Gasteiger partial charge is 0.172 e. The summed E-state index contributed by atoms with van der Waals surface area (Å²) in [6.45, 7) is 0. The summed E-state index contributed by atoms with van der Waals surface area (Å²) < 4.78 is 27.1. The first-order chi connectivity index (χ1) is 9.56. The predicted octanol–water partition coefficient (Wildman–Crippen LogP) is 4.20. The molecule has 0 radical (unpaired) electrons. The third-order valence-electron chi connectivity index (χ3n) is 3.21. The molecular weight excluding hydrogens is 262 g/mol. The number of hydrogen-bond donors (Lipinski definition) is 2. The van der Waals surface area contributed by atoms with E-state index >= 15 is 0 Å². The molecular formula is C16H10F2O2. The monoisotopic (exact) mass is 272 g/mol. The molecule has 3 rings (SSSR count). The Morgan fingerprint density at radius 2 is 1.35 bits per heavy atom. The summed E-state index contributed by atoms with van der Waals surface area (Å²) in [4.78, 5) is 0. The first kappa shape index (κ1) is 12.4. The van der Waals surface area contributed by atoms with Crippen molar-refractivity contribution in [1.82, 2.24) is 0 Å². The second kappa shape index (κ2) is 4.49. The minimum absolute atomic E-state index is 0.299. The normalized spacial score (nSPS) is 10.9. The van der Waals surface area contributed by atoms with Crippen LogP contribution < -0.4 is 0 Å². The van der Waals surface area contributed by atoms with E-state index < -0.39 is 23.1 Å². The molecule has 2 N–H and O–H groups in total. The number of aromatic hydroxyl groups is 2. The van der Waals surface area contributed by atoms with E-state index in [2.05, 4.69) is 0 Å². The fraction of sp³-hybridized carbons (Fsp3) is 0. The van der Waals surface area contributed by atoms with Gasteiger partial charge in [-0.3, -0.25) is 0 Å². The number of hydrogen-bond acceptors (Lipinski definition) is 2. The second-order valence-electron chi connectivity index (χ2n) is 4.50. The molecule has 0 aliphatic carbocycles. The first-order valence-corrected chi connectivity index (χ1v) is 5.96. The Balaban J connectivity index is 2.18. The third kappa shape index (κ3) is 1.95. The van der Waals surface area contributed by atoms with E-state index in [0.29, 0.717) is 21.9 Å². The molecule has 0 saturated carbocycles. The molecule has 0 fully saturated rings. The maximum atomic E-state index is 13.7. The van der Waals surface area contributed by atoms with Crippen LogP contribution in [0.5, 0.6) is 11.5 Å². The van der Waals surface area contributed by atoms with Crippen LogP contribution in [0.25, 0.3) is 21.9 Å². The van der Waals surface area contributed by atoms with Crippen LogP contribution in [0.1, 0.15) is 0 Å². The fourth-order valence-corrected chi connectivity index (χ4v) is 2.15. The van der Waals surface area contributed by atoms with E-state index in [4.69, 9.17) is 0 Å². The lowest BCUT2D eigenvalue weighted by molar-refractivity contribution is 0.432. The van der Waals surface area contributed by atoms with Crippen LogP contribution in [0.15, 0.2) is 48.5 Å². The minimum Gasteiger partial charge on any atom is -0.505 e. The molecule has 20 heavy (non-hydrogen) atoms. The third-order valence-corrected chi connectivity index (χ3v) is 3.21. The van der Waals surface area contributed by atoms with E-state index in [9.17, 15) is 19.0 Å². The van der Waals surface area contributed by atoms with Crippen molar-refractivity contribution in [3.8, 4) is 22.6 Å². The van der Waals surface area contributed by atoms with E-state index in [1.165, 1.54) is 24.3 Å². The quantitative estimate of drug-likeness (QED) is 0.697. The zero-order valence-electron chi connectivity index (χ0n) is 10.3. The first-order valence-electron chi connectivity index (χ1n) is 5.96. The molecule has 0 aromatic heterocycles. The van der Waals surface area contributed by atoms with Crippen molar-refractivity contribution in [1.29, 1.82) is 0 Å². The van der Waals surface area contributed by atoms with Gasteiger partial charge >= 0.3 is 0 Å². The van der Waals surface area contributed by atoms with Crippen molar-refractivity contribution in [3.63, 3.8) is 0 Å². The van der Waals surface area contributed by atoms with Gasteiger partial charge in [-0.25, -0.2) is 8.78 Å². The van der Waals surface area contributed by atoms with Gasteiger partial charge in [0.1, 0.15) is 0 Å². The Hall–Kier alpha value is -2.62. The van der Waals surface area contributed by atoms with Crippen molar-refractivity contribution in [2.24, 2.45) is 0 Å². The van der Waals surface area contributed by atoms with E-state index in [1.54, 1.807) is 24.3 Å². The Morgan fingerprint density at radius 1 is 0.700 bits per heavy atom. The molecule has 0 unspecified atom stereocenters. The summed E-state index contributed by atoms with van der Waals surface area (Å²) in [5, 5.41) is 19.4. The predicted molar refractivity (Wildman–Crippen MR) is 72.6 cm³/mol. The fourth-order valence-electron chi connectivity index (χ4n) is 2.15. The molecule has 3 aromatic carbocycles. The van der Waals surface area contributed by atoms with Gasteiger partial charge in [-0.1, -0.05) is 24.3 Å². The number of benzene rings is 3. The summed E-state index contributed by atoms with van der Waals surface area (Å²) in [6, 6.07) is 11.8. The molecule has 0 atom stereocenters. The van der Waals surface area contributed by atoms with Gasteiger partial charge in [0, 0.05) is 5.39 Å². The van der Waals surface area contributed by atoms with Crippen LogP contribution >= 0.6 is 0 Å². The lowest BCUT2D eigenvalue weighted by atomic mass is 10.0. The van der Waals surface area contributed by atoms with Crippen LogP contribution in [0, 0.1) is 11.6 Å². The average molecular weight is 272 g/mol. The summed E-state index contributed by atoms with van der Waals surface area (Å²) >= 11 is 0. The number of fused-ring (bicyclic) bond motifs is 1. The Labute approximate surface area is 113 Å². The van der Waals surface area contributed by atoms with Gasteiger partial charge in [-0.2, -0.15) is 0 Å². The van der Waals surface area contributed by atoms with Crippen molar-refractivity contribution in [3.05, 3.63) is 60.2 Å².